The molecule has 1 heterocycles. The predicted molar refractivity (Wildman–Crippen MR) is 75.2 cm³/mol. The summed E-state index contributed by atoms with van der Waals surface area (Å²) in [6.45, 7) is 0. The van der Waals surface area contributed by atoms with Gasteiger partial charge in [0.25, 0.3) is 0 Å². The molecule has 0 amide bonds. The molecule has 2 rings (SSSR count). The molecule has 1 atom stereocenters. The molecule has 92 valence electrons. The van der Waals surface area contributed by atoms with Crippen LogP contribution in [0.3, 0.4) is 0 Å². The van der Waals surface area contributed by atoms with Crippen LogP contribution in [-0.4, -0.2) is 4.98 Å². The Hall–Kier alpha value is -2.78. The van der Waals surface area contributed by atoms with Gasteiger partial charge in [-0.3, -0.25) is 0 Å². The first-order chi connectivity index (χ1) is 9.33. The predicted octanol–water partition coefficient (Wildman–Crippen LogP) is 3.13. The molecule has 0 unspecified atom stereocenters. The van der Waals surface area contributed by atoms with Gasteiger partial charge >= 0.3 is 0 Å². The lowest BCUT2D eigenvalue weighted by Gasteiger charge is -2.17. The van der Waals surface area contributed by atoms with Crippen LogP contribution in [0.25, 0.3) is 0 Å². The van der Waals surface area contributed by atoms with Crippen molar-refractivity contribution in [1.29, 1.82) is 5.26 Å². The zero-order chi connectivity index (χ0) is 13.5. The average molecular weight is 247 g/mol. The second-order valence-corrected chi connectivity index (χ2v) is 4.06. The number of nitriles is 1. The molecular weight excluding hydrogens is 234 g/mol. The van der Waals surface area contributed by atoms with Crippen molar-refractivity contribution >= 4 is 5.82 Å². The molecule has 0 aliphatic heterocycles. The van der Waals surface area contributed by atoms with E-state index in [9.17, 15) is 0 Å². The van der Waals surface area contributed by atoms with Gasteiger partial charge in [0, 0.05) is 12.6 Å². The zero-order valence-electron chi connectivity index (χ0n) is 10.4. The first-order valence-corrected chi connectivity index (χ1v) is 5.94. The van der Waals surface area contributed by atoms with E-state index in [1.165, 1.54) is 0 Å². The average Bonchev–Trinajstić information content (AvgIpc) is 2.48. The first kappa shape index (κ1) is 12.7. The Balaban J connectivity index is 2.17. The fraction of sp³-hybridized carbons (Fsp3) is 0.125. The molecule has 0 fully saturated rings. The molecule has 3 heteroatoms. The molecule has 0 spiro atoms. The van der Waals surface area contributed by atoms with E-state index < -0.39 is 0 Å². The molecule has 0 aliphatic rings. The quantitative estimate of drug-likeness (QED) is 0.844. The lowest BCUT2D eigenvalue weighted by Crippen LogP contribution is -2.11. The van der Waals surface area contributed by atoms with Crippen LogP contribution >= 0.6 is 0 Å². The number of benzene rings is 1. The molecule has 19 heavy (non-hydrogen) atoms. The molecule has 3 nitrogen and oxygen atoms in total. The molecule has 0 bridgehead atoms. The van der Waals surface area contributed by atoms with Crippen molar-refractivity contribution in [1.82, 2.24) is 4.98 Å². The molecule has 0 saturated carbocycles. The number of pyridine rings is 1. The number of hydrogen-bond acceptors (Lipinski definition) is 3. The Morgan fingerprint density at radius 1 is 1.21 bits per heavy atom. The Labute approximate surface area is 112 Å². The highest BCUT2D eigenvalue weighted by Crippen LogP contribution is 2.21. The lowest BCUT2D eigenvalue weighted by molar-refractivity contribution is 0.807. The maximum absolute atomic E-state index is 8.74. The van der Waals surface area contributed by atoms with Crippen LogP contribution in [0.5, 0.6) is 0 Å². The van der Waals surface area contributed by atoms with Crippen molar-refractivity contribution in [2.45, 2.75) is 12.5 Å². The van der Waals surface area contributed by atoms with E-state index in [1.807, 2.05) is 36.4 Å². The standard InChI is InChI=1S/C16H13N3/c1-2-6-15(14-7-4-3-5-8-14)19-16-10-9-13(11-17)12-18-16/h1,3-5,7-10,12,15H,6H2,(H,18,19)/t15-/m0/s1. The molecule has 0 aliphatic carbocycles. The Bertz CT molecular complexity index is 603. The van der Waals surface area contributed by atoms with Gasteiger partial charge in [-0.05, 0) is 17.7 Å². The van der Waals surface area contributed by atoms with Gasteiger partial charge in [-0.2, -0.15) is 5.26 Å². The topological polar surface area (TPSA) is 48.7 Å². The van der Waals surface area contributed by atoms with Crippen LogP contribution in [0.4, 0.5) is 5.82 Å². The van der Waals surface area contributed by atoms with Crippen molar-refractivity contribution in [2.24, 2.45) is 0 Å². The third-order valence-electron chi connectivity index (χ3n) is 2.74. The van der Waals surface area contributed by atoms with E-state index in [0.717, 1.165) is 5.56 Å². The molecule has 0 saturated heterocycles. The fourth-order valence-corrected chi connectivity index (χ4v) is 1.78. The lowest BCUT2D eigenvalue weighted by atomic mass is 10.0. The van der Waals surface area contributed by atoms with Gasteiger partial charge in [-0.15, -0.1) is 12.3 Å². The van der Waals surface area contributed by atoms with Crippen LogP contribution in [0, 0.1) is 23.7 Å². The number of nitrogens with zero attached hydrogens (tertiary/aromatic N) is 2. The van der Waals surface area contributed by atoms with Crippen molar-refractivity contribution in [3.8, 4) is 18.4 Å². The van der Waals surface area contributed by atoms with Gasteiger partial charge in [-0.25, -0.2) is 4.98 Å². The second-order valence-electron chi connectivity index (χ2n) is 4.06. The van der Waals surface area contributed by atoms with Crippen LogP contribution in [0.1, 0.15) is 23.6 Å². The number of anilines is 1. The number of nitrogens with one attached hydrogen (secondary N) is 1. The van der Waals surface area contributed by atoms with Gasteiger partial charge in [0.2, 0.25) is 0 Å². The van der Waals surface area contributed by atoms with E-state index in [4.69, 9.17) is 11.7 Å². The second kappa shape index (κ2) is 6.23. The molecule has 1 aromatic heterocycles. The SMILES string of the molecule is C#CC[C@H](Nc1ccc(C#N)cn1)c1ccccc1. The summed E-state index contributed by atoms with van der Waals surface area (Å²) >= 11 is 0. The highest BCUT2D eigenvalue weighted by molar-refractivity contribution is 5.42. The van der Waals surface area contributed by atoms with E-state index in [0.29, 0.717) is 17.8 Å². The van der Waals surface area contributed by atoms with Gasteiger partial charge in [0.05, 0.1) is 11.6 Å². The summed E-state index contributed by atoms with van der Waals surface area (Å²) in [5.41, 5.74) is 1.66. The van der Waals surface area contributed by atoms with Crippen molar-refractivity contribution in [3.63, 3.8) is 0 Å². The zero-order valence-corrected chi connectivity index (χ0v) is 10.4. The monoisotopic (exact) mass is 247 g/mol. The van der Waals surface area contributed by atoms with Crippen LogP contribution in [0.2, 0.25) is 0 Å². The smallest absolute Gasteiger partial charge is 0.126 e. The summed E-state index contributed by atoms with van der Waals surface area (Å²) in [6.07, 6.45) is 7.53. The van der Waals surface area contributed by atoms with Gasteiger partial charge < -0.3 is 5.32 Å². The normalized spacial score (nSPS) is 11.1. The first-order valence-electron chi connectivity index (χ1n) is 5.94. The molecule has 1 aromatic carbocycles. The highest BCUT2D eigenvalue weighted by atomic mass is 15.0. The van der Waals surface area contributed by atoms with Crippen LogP contribution < -0.4 is 5.32 Å². The van der Waals surface area contributed by atoms with E-state index in [2.05, 4.69) is 16.2 Å². The summed E-state index contributed by atoms with van der Waals surface area (Å²) in [5.74, 6) is 3.38. The van der Waals surface area contributed by atoms with Crippen LogP contribution in [-0.2, 0) is 0 Å². The minimum atomic E-state index is 0.0200. The summed E-state index contributed by atoms with van der Waals surface area (Å²) in [7, 11) is 0. The molecular formula is C16H13N3. The molecule has 1 N–H and O–H groups in total. The van der Waals surface area contributed by atoms with E-state index in [-0.39, 0.29) is 6.04 Å². The largest absolute Gasteiger partial charge is 0.362 e. The Kier molecular flexibility index (Phi) is 4.16. The van der Waals surface area contributed by atoms with Crippen molar-refractivity contribution in [3.05, 3.63) is 59.8 Å². The summed E-state index contributed by atoms with van der Waals surface area (Å²) in [6, 6.07) is 15.6. The highest BCUT2D eigenvalue weighted by Gasteiger charge is 2.10. The summed E-state index contributed by atoms with van der Waals surface area (Å²) in [5, 5.41) is 12.0. The maximum Gasteiger partial charge on any atom is 0.126 e. The Morgan fingerprint density at radius 2 is 2.00 bits per heavy atom. The van der Waals surface area contributed by atoms with Gasteiger partial charge in [0.15, 0.2) is 0 Å². The van der Waals surface area contributed by atoms with Crippen molar-refractivity contribution < 1.29 is 0 Å². The summed E-state index contributed by atoms with van der Waals surface area (Å²) in [4.78, 5) is 4.19. The third-order valence-corrected chi connectivity index (χ3v) is 2.74. The third kappa shape index (κ3) is 3.34. The summed E-state index contributed by atoms with van der Waals surface area (Å²) < 4.78 is 0. The minimum Gasteiger partial charge on any atom is -0.362 e. The number of rotatable bonds is 4. The maximum atomic E-state index is 8.74. The minimum absolute atomic E-state index is 0.0200. The fourth-order valence-electron chi connectivity index (χ4n) is 1.78. The molecule has 2 aromatic rings. The van der Waals surface area contributed by atoms with Crippen LogP contribution in [0.15, 0.2) is 48.7 Å². The number of terminal acetylenes is 1. The van der Waals surface area contributed by atoms with E-state index >= 15 is 0 Å². The number of hydrogen-bond donors (Lipinski definition) is 1. The van der Waals surface area contributed by atoms with Gasteiger partial charge in [0.1, 0.15) is 11.9 Å². The van der Waals surface area contributed by atoms with Crippen molar-refractivity contribution in [2.75, 3.05) is 5.32 Å². The number of aromatic nitrogens is 1. The van der Waals surface area contributed by atoms with Gasteiger partial charge in [-0.1, -0.05) is 30.3 Å². The van der Waals surface area contributed by atoms with E-state index in [1.54, 1.807) is 18.3 Å². The molecule has 0 radical (unpaired) electrons. The Morgan fingerprint density at radius 3 is 2.58 bits per heavy atom.